The van der Waals surface area contributed by atoms with Gasteiger partial charge in [-0.2, -0.15) is 0 Å². The van der Waals surface area contributed by atoms with Crippen LogP contribution >= 0.6 is 0 Å². The first-order valence-corrected chi connectivity index (χ1v) is 12.4. The summed E-state index contributed by atoms with van der Waals surface area (Å²) >= 11 is 0. The molecule has 7 heteroatoms. The van der Waals surface area contributed by atoms with Gasteiger partial charge < -0.3 is 28.5 Å². The van der Waals surface area contributed by atoms with Crippen LogP contribution in [0.3, 0.4) is 0 Å². The van der Waals surface area contributed by atoms with E-state index in [2.05, 4.69) is 33.9 Å². The zero-order valence-electron chi connectivity index (χ0n) is 17.1. The van der Waals surface area contributed by atoms with E-state index in [1.807, 2.05) is 30.3 Å². The van der Waals surface area contributed by atoms with Crippen molar-refractivity contribution in [2.75, 3.05) is 20.3 Å². The number of aliphatic hydroxyl groups excluding tert-OH is 1. The van der Waals surface area contributed by atoms with Crippen LogP contribution in [0, 0.1) is 0 Å². The predicted molar refractivity (Wildman–Crippen MR) is 104 cm³/mol. The van der Waals surface area contributed by atoms with Crippen molar-refractivity contribution >= 4 is 8.32 Å². The molecule has 2 aliphatic rings. The number of hydrogen-bond donors (Lipinski definition) is 1. The summed E-state index contributed by atoms with van der Waals surface area (Å²) in [6.07, 6.45) is -2.58. The molecule has 1 N–H and O–H groups in total. The molecule has 0 aromatic heterocycles. The highest BCUT2D eigenvalue weighted by Crippen LogP contribution is 2.43. The fourth-order valence-electron chi connectivity index (χ4n) is 3.16. The summed E-state index contributed by atoms with van der Waals surface area (Å²) in [5.74, 6) is -1.12. The molecule has 0 spiro atoms. The van der Waals surface area contributed by atoms with Gasteiger partial charge in [0.15, 0.2) is 14.6 Å². The van der Waals surface area contributed by atoms with E-state index in [0.717, 1.165) is 5.56 Å². The van der Waals surface area contributed by atoms with Gasteiger partial charge in [-0.25, -0.2) is 0 Å². The highest BCUT2D eigenvalue weighted by Gasteiger charge is 2.60. The quantitative estimate of drug-likeness (QED) is 0.771. The molecule has 6 nitrogen and oxygen atoms in total. The van der Waals surface area contributed by atoms with Gasteiger partial charge >= 0.3 is 0 Å². The van der Waals surface area contributed by atoms with E-state index in [9.17, 15) is 5.11 Å². The van der Waals surface area contributed by atoms with Crippen LogP contribution in [-0.4, -0.2) is 57.8 Å². The van der Waals surface area contributed by atoms with Gasteiger partial charge in [0.05, 0.1) is 6.61 Å². The lowest BCUT2D eigenvalue weighted by atomic mass is 10.0. The first-order chi connectivity index (χ1) is 12.6. The van der Waals surface area contributed by atoms with Crippen molar-refractivity contribution in [1.29, 1.82) is 0 Å². The van der Waals surface area contributed by atoms with Gasteiger partial charge in [-0.3, -0.25) is 0 Å². The molecule has 0 aliphatic carbocycles. The molecule has 2 fully saturated rings. The Morgan fingerprint density at radius 1 is 1.22 bits per heavy atom. The minimum Gasteiger partial charge on any atom is -0.414 e. The summed E-state index contributed by atoms with van der Waals surface area (Å²) in [5.41, 5.74) is 0.898. The van der Waals surface area contributed by atoms with Crippen LogP contribution in [0.15, 0.2) is 30.3 Å². The second-order valence-electron chi connectivity index (χ2n) is 8.84. The van der Waals surface area contributed by atoms with Crippen LogP contribution in [-0.2, 0) is 23.4 Å². The predicted octanol–water partition coefficient (Wildman–Crippen LogP) is 3.22. The minimum atomic E-state index is -1.96. The fourth-order valence-corrected chi connectivity index (χ4v) is 4.17. The Hall–Kier alpha value is -0.803. The summed E-state index contributed by atoms with van der Waals surface area (Å²) in [6.45, 7) is 11.4. The molecule has 1 aromatic carbocycles. The molecule has 0 bridgehead atoms. The third kappa shape index (κ3) is 4.00. The molecule has 1 aromatic rings. The SMILES string of the molecule is CO[C@]12COC(c3ccccc3)O[C@H]1[C@H](O)[C@@H](CO[Si](C)(C)C(C)(C)C)O2. The lowest BCUT2D eigenvalue weighted by Gasteiger charge is -2.40. The average molecular weight is 397 g/mol. The smallest absolute Gasteiger partial charge is 0.222 e. The molecule has 2 saturated heterocycles. The van der Waals surface area contributed by atoms with Crippen molar-refractivity contribution in [2.45, 2.75) is 69.3 Å². The molecule has 3 rings (SSSR count). The van der Waals surface area contributed by atoms with E-state index >= 15 is 0 Å². The second kappa shape index (κ2) is 7.55. The molecular formula is C20H32O6Si. The van der Waals surface area contributed by atoms with Gasteiger partial charge in [-0.15, -0.1) is 0 Å². The molecule has 152 valence electrons. The van der Waals surface area contributed by atoms with E-state index in [1.54, 1.807) is 7.11 Å². The van der Waals surface area contributed by atoms with Crippen molar-refractivity contribution in [1.82, 2.24) is 0 Å². The Kier molecular flexibility index (Phi) is 5.85. The van der Waals surface area contributed by atoms with Crippen molar-refractivity contribution in [2.24, 2.45) is 0 Å². The molecule has 5 atom stereocenters. The molecule has 27 heavy (non-hydrogen) atoms. The van der Waals surface area contributed by atoms with Crippen LogP contribution in [0.5, 0.6) is 0 Å². The van der Waals surface area contributed by atoms with Crippen LogP contribution in [0.25, 0.3) is 0 Å². The average Bonchev–Trinajstić information content (AvgIpc) is 2.92. The van der Waals surface area contributed by atoms with Gasteiger partial charge in [0, 0.05) is 12.7 Å². The van der Waals surface area contributed by atoms with Gasteiger partial charge in [-0.05, 0) is 18.1 Å². The Labute approximate surface area is 162 Å². The number of ether oxygens (including phenoxy) is 4. The normalized spacial score (nSPS) is 34.5. The molecule has 2 heterocycles. The molecule has 1 unspecified atom stereocenters. The molecular weight excluding hydrogens is 364 g/mol. The maximum Gasteiger partial charge on any atom is 0.222 e. The van der Waals surface area contributed by atoms with E-state index in [4.69, 9.17) is 23.4 Å². The first kappa shape index (κ1) is 20.9. The minimum absolute atomic E-state index is 0.0836. The Balaban J connectivity index is 1.71. The summed E-state index contributed by atoms with van der Waals surface area (Å²) < 4.78 is 29.9. The van der Waals surface area contributed by atoms with Crippen LogP contribution in [0.2, 0.25) is 18.1 Å². The number of benzene rings is 1. The summed E-state index contributed by atoms with van der Waals surface area (Å²) in [4.78, 5) is 0. The van der Waals surface area contributed by atoms with Gasteiger partial charge in [0.2, 0.25) is 5.79 Å². The van der Waals surface area contributed by atoms with Crippen LogP contribution in [0.4, 0.5) is 0 Å². The fraction of sp³-hybridized carbons (Fsp3) is 0.700. The number of methoxy groups -OCH3 is 1. The second-order valence-corrected chi connectivity index (χ2v) is 13.7. The number of fused-ring (bicyclic) bond motifs is 1. The zero-order valence-corrected chi connectivity index (χ0v) is 18.1. The molecule has 0 saturated carbocycles. The third-order valence-electron chi connectivity index (χ3n) is 6.01. The van der Waals surface area contributed by atoms with Crippen LogP contribution < -0.4 is 0 Å². The highest BCUT2D eigenvalue weighted by molar-refractivity contribution is 6.74. The van der Waals surface area contributed by atoms with E-state index in [-0.39, 0.29) is 11.6 Å². The van der Waals surface area contributed by atoms with E-state index in [1.165, 1.54) is 0 Å². The van der Waals surface area contributed by atoms with Gasteiger partial charge in [0.1, 0.15) is 24.9 Å². The number of rotatable bonds is 5. The zero-order chi connectivity index (χ0) is 19.9. The van der Waals surface area contributed by atoms with Crippen molar-refractivity contribution in [3.8, 4) is 0 Å². The third-order valence-corrected chi connectivity index (χ3v) is 10.5. The molecule has 0 radical (unpaired) electrons. The lowest BCUT2D eigenvalue weighted by Crippen LogP contribution is -2.54. The Morgan fingerprint density at radius 2 is 1.89 bits per heavy atom. The van der Waals surface area contributed by atoms with E-state index in [0.29, 0.717) is 6.61 Å². The molecule has 2 aliphatic heterocycles. The van der Waals surface area contributed by atoms with Crippen molar-refractivity contribution in [3.63, 3.8) is 0 Å². The van der Waals surface area contributed by atoms with Crippen molar-refractivity contribution in [3.05, 3.63) is 35.9 Å². The monoisotopic (exact) mass is 396 g/mol. The molecule has 0 amide bonds. The van der Waals surface area contributed by atoms with Crippen molar-refractivity contribution < 1.29 is 28.5 Å². The number of hydrogen-bond acceptors (Lipinski definition) is 6. The van der Waals surface area contributed by atoms with E-state index < -0.39 is 38.7 Å². The summed E-state index contributed by atoms with van der Waals surface area (Å²) in [6, 6.07) is 9.66. The largest absolute Gasteiger partial charge is 0.414 e. The topological polar surface area (TPSA) is 66.4 Å². The standard InChI is InChI=1S/C20H32O6Si/c1-19(2,3)27(5,6)24-12-15-16(21)17-20(22-4,26-15)13-23-18(25-17)14-10-8-7-9-11-14/h7-11,15-18,21H,12-13H2,1-6H3/t15-,16-,17+,18?,20+/m1/s1. The Morgan fingerprint density at radius 3 is 2.48 bits per heavy atom. The first-order valence-electron chi connectivity index (χ1n) is 9.47. The highest BCUT2D eigenvalue weighted by atomic mass is 28.4. The number of aliphatic hydroxyl groups is 1. The summed E-state index contributed by atoms with van der Waals surface area (Å²) in [5, 5.41) is 11.0. The maximum atomic E-state index is 10.9. The van der Waals surface area contributed by atoms with Gasteiger partial charge in [0.25, 0.3) is 0 Å². The van der Waals surface area contributed by atoms with Crippen LogP contribution in [0.1, 0.15) is 32.6 Å². The van der Waals surface area contributed by atoms with Gasteiger partial charge in [-0.1, -0.05) is 51.1 Å². The summed E-state index contributed by atoms with van der Waals surface area (Å²) in [7, 11) is -0.408. The Bertz CT molecular complexity index is 631. The lowest BCUT2D eigenvalue weighted by molar-refractivity contribution is -0.358. The maximum absolute atomic E-state index is 10.9.